The lowest BCUT2D eigenvalue weighted by molar-refractivity contribution is 0.644. The minimum Gasteiger partial charge on any atom is -0.312 e. The van der Waals surface area contributed by atoms with Crippen molar-refractivity contribution in [3.63, 3.8) is 0 Å². The molecule has 2 nitrogen and oxygen atoms in total. The van der Waals surface area contributed by atoms with Crippen molar-refractivity contribution in [1.82, 2.24) is 5.32 Å². The number of nitriles is 1. The molecule has 1 heterocycles. The van der Waals surface area contributed by atoms with Crippen LogP contribution in [-0.4, -0.2) is 6.54 Å². The van der Waals surface area contributed by atoms with Crippen LogP contribution in [0.4, 0.5) is 0 Å². The Morgan fingerprint density at radius 1 is 1.08 bits per heavy atom. The van der Waals surface area contributed by atoms with E-state index in [9.17, 15) is 5.26 Å². The van der Waals surface area contributed by atoms with Crippen molar-refractivity contribution in [2.24, 2.45) is 0 Å². The molecule has 0 unspecified atom stereocenters. The smallest absolute Gasteiger partial charge is 0.0998 e. The van der Waals surface area contributed by atoms with Crippen molar-refractivity contribution in [1.29, 1.82) is 5.26 Å². The van der Waals surface area contributed by atoms with Gasteiger partial charge in [-0.2, -0.15) is 5.26 Å². The minimum atomic E-state index is 0.676. The first kappa shape index (κ1) is 14.7. The van der Waals surface area contributed by atoms with Gasteiger partial charge in [0.25, 0.3) is 0 Å². The van der Waals surface area contributed by atoms with E-state index in [0.29, 0.717) is 5.56 Å². The number of hydrogen-bond acceptors (Lipinski definition) is 2. The molecule has 0 saturated carbocycles. The summed E-state index contributed by atoms with van der Waals surface area (Å²) in [6.07, 6.45) is 2.88. The molecule has 0 atom stereocenters. The summed E-state index contributed by atoms with van der Waals surface area (Å²) in [7, 11) is 0. The summed E-state index contributed by atoms with van der Waals surface area (Å²) in [5.41, 5.74) is 6.61. The van der Waals surface area contributed by atoms with Gasteiger partial charge in [-0.1, -0.05) is 49.1 Å². The van der Waals surface area contributed by atoms with Gasteiger partial charge in [0.05, 0.1) is 11.6 Å². The summed E-state index contributed by atoms with van der Waals surface area (Å²) in [6, 6.07) is 19.2. The third kappa shape index (κ3) is 2.31. The van der Waals surface area contributed by atoms with Crippen LogP contribution in [0.5, 0.6) is 0 Å². The van der Waals surface area contributed by atoms with Gasteiger partial charge in [0, 0.05) is 12.1 Å². The highest BCUT2D eigenvalue weighted by atomic mass is 14.9. The minimum absolute atomic E-state index is 0.676. The maximum Gasteiger partial charge on any atom is 0.0998 e. The quantitative estimate of drug-likeness (QED) is 0.747. The Balaban J connectivity index is 2.05. The topological polar surface area (TPSA) is 35.8 Å². The van der Waals surface area contributed by atoms with E-state index in [-0.39, 0.29) is 0 Å². The molecule has 3 aromatic carbocycles. The number of rotatable bonds is 2. The van der Waals surface area contributed by atoms with Gasteiger partial charge in [-0.25, -0.2) is 0 Å². The average Bonchev–Trinajstić information content (AvgIpc) is 2.65. The molecule has 1 aliphatic heterocycles. The van der Waals surface area contributed by atoms with Crippen LogP contribution in [0.25, 0.3) is 28.0 Å². The Labute approximate surface area is 142 Å². The third-order valence-corrected chi connectivity index (χ3v) is 4.80. The van der Waals surface area contributed by atoms with Crippen LogP contribution in [0.3, 0.4) is 0 Å². The highest BCUT2D eigenvalue weighted by Gasteiger charge is 2.15. The molecule has 0 aliphatic carbocycles. The van der Waals surface area contributed by atoms with Gasteiger partial charge in [-0.05, 0) is 58.1 Å². The second kappa shape index (κ2) is 5.96. The average molecular weight is 310 g/mol. The zero-order chi connectivity index (χ0) is 16.5. The molecule has 116 valence electrons. The molecule has 0 bridgehead atoms. The van der Waals surface area contributed by atoms with Crippen molar-refractivity contribution < 1.29 is 0 Å². The van der Waals surface area contributed by atoms with E-state index >= 15 is 0 Å². The lowest BCUT2D eigenvalue weighted by atomic mass is 9.88. The van der Waals surface area contributed by atoms with E-state index in [2.05, 4.69) is 48.3 Å². The molecule has 3 aromatic rings. The van der Waals surface area contributed by atoms with Gasteiger partial charge < -0.3 is 5.32 Å². The van der Waals surface area contributed by atoms with Crippen molar-refractivity contribution in [3.05, 3.63) is 77.4 Å². The van der Waals surface area contributed by atoms with E-state index in [1.54, 1.807) is 6.08 Å². The highest BCUT2D eigenvalue weighted by Crippen LogP contribution is 2.36. The molecule has 0 radical (unpaired) electrons. The summed E-state index contributed by atoms with van der Waals surface area (Å²) in [6.45, 7) is 5.90. The molecule has 0 saturated heterocycles. The van der Waals surface area contributed by atoms with Gasteiger partial charge in [-0.15, -0.1) is 0 Å². The SMILES string of the molecule is C=Cc1c(C#N)cc2ccccc2c1-c1ccc2c(c1)CNCC2. The fraction of sp³-hybridized carbons (Fsp3) is 0.136. The van der Waals surface area contributed by atoms with Crippen molar-refractivity contribution in [2.75, 3.05) is 6.54 Å². The molecule has 24 heavy (non-hydrogen) atoms. The Kier molecular flexibility index (Phi) is 3.65. The molecule has 1 aliphatic rings. The number of nitrogens with zero attached hydrogens (tertiary/aromatic N) is 1. The van der Waals surface area contributed by atoms with Crippen LogP contribution < -0.4 is 5.32 Å². The lowest BCUT2D eigenvalue weighted by Gasteiger charge is -2.19. The summed E-state index contributed by atoms with van der Waals surface area (Å²) < 4.78 is 0. The molecular weight excluding hydrogens is 292 g/mol. The van der Waals surface area contributed by atoms with E-state index < -0.39 is 0 Å². The van der Waals surface area contributed by atoms with Crippen molar-refractivity contribution in [3.8, 4) is 17.2 Å². The molecule has 0 amide bonds. The molecule has 0 fully saturated rings. The summed E-state index contributed by atoms with van der Waals surface area (Å²) >= 11 is 0. The molecule has 4 rings (SSSR count). The van der Waals surface area contributed by atoms with Gasteiger partial charge in [0.1, 0.15) is 0 Å². The molecule has 2 heteroatoms. The van der Waals surface area contributed by atoms with Gasteiger partial charge in [0.2, 0.25) is 0 Å². The summed E-state index contributed by atoms with van der Waals surface area (Å²) in [5, 5.41) is 15.3. The summed E-state index contributed by atoms with van der Waals surface area (Å²) in [4.78, 5) is 0. The van der Waals surface area contributed by atoms with Crippen LogP contribution in [-0.2, 0) is 13.0 Å². The predicted octanol–water partition coefficient (Wildman–Crippen LogP) is 4.67. The first-order chi connectivity index (χ1) is 11.8. The normalized spacial score (nSPS) is 13.3. The van der Waals surface area contributed by atoms with Gasteiger partial charge in [-0.3, -0.25) is 0 Å². The first-order valence-electron chi connectivity index (χ1n) is 8.23. The zero-order valence-electron chi connectivity index (χ0n) is 13.5. The maximum absolute atomic E-state index is 9.56. The molecular formula is C22H18N2. The zero-order valence-corrected chi connectivity index (χ0v) is 13.5. The van der Waals surface area contributed by atoms with E-state index in [1.807, 2.05) is 18.2 Å². The van der Waals surface area contributed by atoms with E-state index in [0.717, 1.165) is 47.0 Å². The van der Waals surface area contributed by atoms with Gasteiger partial charge >= 0.3 is 0 Å². The van der Waals surface area contributed by atoms with Crippen LogP contribution in [0.1, 0.15) is 22.3 Å². The second-order valence-electron chi connectivity index (χ2n) is 6.16. The largest absolute Gasteiger partial charge is 0.312 e. The highest BCUT2D eigenvalue weighted by molar-refractivity contribution is 6.02. The number of benzene rings is 3. The summed E-state index contributed by atoms with van der Waals surface area (Å²) in [5.74, 6) is 0. The van der Waals surface area contributed by atoms with Crippen LogP contribution in [0.2, 0.25) is 0 Å². The van der Waals surface area contributed by atoms with E-state index in [4.69, 9.17) is 0 Å². The fourth-order valence-electron chi connectivity index (χ4n) is 3.62. The fourth-order valence-corrected chi connectivity index (χ4v) is 3.62. The lowest BCUT2D eigenvalue weighted by Crippen LogP contribution is -2.23. The van der Waals surface area contributed by atoms with Gasteiger partial charge in [0.15, 0.2) is 0 Å². The van der Waals surface area contributed by atoms with E-state index in [1.165, 1.54) is 11.1 Å². The third-order valence-electron chi connectivity index (χ3n) is 4.80. The Morgan fingerprint density at radius 2 is 1.96 bits per heavy atom. The molecule has 0 spiro atoms. The predicted molar refractivity (Wildman–Crippen MR) is 99.6 cm³/mol. The maximum atomic E-state index is 9.56. The Hall–Kier alpha value is -2.89. The number of nitrogens with one attached hydrogen (secondary N) is 1. The second-order valence-corrected chi connectivity index (χ2v) is 6.16. The Morgan fingerprint density at radius 3 is 2.79 bits per heavy atom. The first-order valence-corrected chi connectivity index (χ1v) is 8.23. The van der Waals surface area contributed by atoms with Crippen molar-refractivity contribution in [2.45, 2.75) is 13.0 Å². The Bertz CT molecular complexity index is 993. The van der Waals surface area contributed by atoms with Crippen LogP contribution in [0, 0.1) is 11.3 Å². The van der Waals surface area contributed by atoms with Crippen LogP contribution in [0.15, 0.2) is 55.1 Å². The standard InChI is InChI=1S/C22H18N2/c1-2-20-18(13-23)11-16-5-3-4-6-21(16)22(20)17-8-7-15-9-10-24-14-19(15)12-17/h2-8,11-12,24H,1,9-10,14H2. The monoisotopic (exact) mass is 310 g/mol. The molecule has 1 N–H and O–H groups in total. The van der Waals surface area contributed by atoms with Crippen LogP contribution >= 0.6 is 0 Å². The van der Waals surface area contributed by atoms with Crippen molar-refractivity contribution >= 4 is 16.8 Å². The number of hydrogen-bond donors (Lipinski definition) is 1. The number of fused-ring (bicyclic) bond motifs is 2. The molecule has 0 aromatic heterocycles.